The third-order valence-corrected chi connectivity index (χ3v) is 5.35. The van der Waals surface area contributed by atoms with Gasteiger partial charge in [0.15, 0.2) is 0 Å². The minimum Gasteiger partial charge on any atom is -0.428 e. The molecule has 1 saturated heterocycles. The van der Waals surface area contributed by atoms with Crippen molar-refractivity contribution in [1.29, 1.82) is 0 Å². The van der Waals surface area contributed by atoms with E-state index in [1.807, 2.05) is 6.07 Å². The molecule has 0 bridgehead atoms. The lowest BCUT2D eigenvalue weighted by atomic mass is 9.80. The van der Waals surface area contributed by atoms with Crippen molar-refractivity contribution in [2.45, 2.75) is 50.7 Å². The average molecular weight is 447 g/mol. The largest absolute Gasteiger partial charge is 0.461 e. The molecule has 1 heterocycles. The van der Waals surface area contributed by atoms with E-state index in [2.05, 4.69) is 15.0 Å². The first-order valence-electron chi connectivity index (χ1n) is 9.37. The van der Waals surface area contributed by atoms with Gasteiger partial charge in [-0.25, -0.2) is 0 Å². The molecule has 0 unspecified atom stereocenters. The molecular formula is C19H28Cl2F4N2O. The lowest BCUT2D eigenvalue weighted by Gasteiger charge is -2.41. The summed E-state index contributed by atoms with van der Waals surface area (Å²) in [7, 11) is 0. The number of nitrogens with zero attached hydrogens (tertiary/aromatic N) is 1. The number of halogens is 6. The predicted octanol–water partition coefficient (Wildman–Crippen LogP) is 5.29. The highest BCUT2D eigenvalue weighted by atomic mass is 35.5. The highest BCUT2D eigenvalue weighted by Gasteiger charge is 2.44. The quantitative estimate of drug-likeness (QED) is 0.600. The number of hydrogen-bond acceptors (Lipinski definition) is 3. The van der Waals surface area contributed by atoms with Gasteiger partial charge in [0.1, 0.15) is 5.75 Å². The Bertz CT molecular complexity index is 565. The van der Waals surface area contributed by atoms with Crippen molar-refractivity contribution in [2.24, 2.45) is 5.92 Å². The maximum atomic E-state index is 13.3. The van der Waals surface area contributed by atoms with E-state index in [4.69, 9.17) is 0 Å². The topological polar surface area (TPSA) is 24.5 Å². The fourth-order valence-corrected chi connectivity index (χ4v) is 4.16. The Hall–Kier alpha value is -0.760. The van der Waals surface area contributed by atoms with Crippen LogP contribution in [0.4, 0.5) is 17.6 Å². The SMILES string of the molecule is Cl.Cl.FC(F)C(F)(F)Oc1cccc([C@@H](C2CCCCC2)N2CCNCC2)c1. The molecule has 1 aliphatic carbocycles. The molecule has 9 heteroatoms. The molecule has 1 N–H and O–H groups in total. The lowest BCUT2D eigenvalue weighted by Crippen LogP contribution is -2.47. The fourth-order valence-electron chi connectivity index (χ4n) is 4.16. The van der Waals surface area contributed by atoms with Crippen molar-refractivity contribution in [1.82, 2.24) is 10.2 Å². The first kappa shape index (κ1) is 25.3. The van der Waals surface area contributed by atoms with Gasteiger partial charge in [0.05, 0.1) is 0 Å². The number of rotatable bonds is 6. The molecule has 1 saturated carbocycles. The molecular weight excluding hydrogens is 419 g/mol. The van der Waals surface area contributed by atoms with Gasteiger partial charge in [0, 0.05) is 32.2 Å². The second-order valence-corrected chi connectivity index (χ2v) is 7.17. The smallest absolute Gasteiger partial charge is 0.428 e. The van der Waals surface area contributed by atoms with Gasteiger partial charge < -0.3 is 10.1 Å². The molecule has 3 rings (SSSR count). The van der Waals surface area contributed by atoms with Crippen LogP contribution in [0.25, 0.3) is 0 Å². The summed E-state index contributed by atoms with van der Waals surface area (Å²) in [6.45, 7) is 3.56. The summed E-state index contributed by atoms with van der Waals surface area (Å²) in [5, 5.41) is 3.33. The van der Waals surface area contributed by atoms with Crippen LogP contribution in [-0.4, -0.2) is 43.6 Å². The van der Waals surface area contributed by atoms with Gasteiger partial charge in [-0.15, -0.1) is 24.8 Å². The van der Waals surface area contributed by atoms with Crippen molar-refractivity contribution in [3.8, 4) is 5.75 Å². The third-order valence-electron chi connectivity index (χ3n) is 5.35. The monoisotopic (exact) mass is 446 g/mol. The normalized spacial score (nSPS) is 20.2. The second kappa shape index (κ2) is 11.4. The molecule has 1 aromatic carbocycles. The molecule has 2 fully saturated rings. The zero-order valence-electron chi connectivity index (χ0n) is 15.6. The summed E-state index contributed by atoms with van der Waals surface area (Å²) in [5.74, 6) is 0.247. The van der Waals surface area contributed by atoms with Crippen LogP contribution in [0.1, 0.15) is 43.7 Å². The zero-order valence-corrected chi connectivity index (χ0v) is 17.2. The summed E-state index contributed by atoms with van der Waals surface area (Å²) in [6.07, 6.45) is -2.55. The Labute approximate surface area is 176 Å². The van der Waals surface area contributed by atoms with E-state index < -0.39 is 12.5 Å². The summed E-state index contributed by atoms with van der Waals surface area (Å²) >= 11 is 0. The van der Waals surface area contributed by atoms with Crippen molar-refractivity contribution >= 4 is 24.8 Å². The fraction of sp³-hybridized carbons (Fsp3) is 0.684. The summed E-state index contributed by atoms with van der Waals surface area (Å²) in [6, 6.07) is 6.45. The van der Waals surface area contributed by atoms with Crippen LogP contribution in [0.2, 0.25) is 0 Å². The van der Waals surface area contributed by atoms with Crippen LogP contribution in [-0.2, 0) is 0 Å². The van der Waals surface area contributed by atoms with Crippen LogP contribution in [0.5, 0.6) is 5.75 Å². The zero-order chi connectivity index (χ0) is 18.6. The molecule has 0 radical (unpaired) electrons. The van der Waals surface area contributed by atoms with Gasteiger partial charge in [-0.05, 0) is 36.5 Å². The van der Waals surface area contributed by atoms with Gasteiger partial charge >= 0.3 is 12.5 Å². The number of hydrogen-bond donors (Lipinski definition) is 1. The van der Waals surface area contributed by atoms with Crippen LogP contribution >= 0.6 is 24.8 Å². The molecule has 0 aromatic heterocycles. The van der Waals surface area contributed by atoms with Crippen molar-refractivity contribution in [2.75, 3.05) is 26.2 Å². The summed E-state index contributed by atoms with van der Waals surface area (Å²) in [5.41, 5.74) is 0.876. The maximum absolute atomic E-state index is 13.3. The van der Waals surface area contributed by atoms with E-state index in [1.54, 1.807) is 6.07 Å². The standard InChI is InChI=1S/C19H26F4N2O.2ClH/c20-18(21)19(22,23)26-16-8-4-7-15(13-16)17(14-5-2-1-3-6-14)25-11-9-24-10-12-25;;/h4,7-8,13-14,17-18,24H,1-3,5-6,9-12H2;2*1H/t17-;;/m1../s1. The van der Waals surface area contributed by atoms with E-state index in [1.165, 1.54) is 31.4 Å². The lowest BCUT2D eigenvalue weighted by molar-refractivity contribution is -0.253. The first-order valence-corrected chi connectivity index (χ1v) is 9.37. The number of benzene rings is 1. The molecule has 1 atom stereocenters. The predicted molar refractivity (Wildman–Crippen MR) is 106 cm³/mol. The van der Waals surface area contributed by atoms with Crippen LogP contribution in [0.3, 0.4) is 0 Å². The van der Waals surface area contributed by atoms with Crippen LogP contribution in [0.15, 0.2) is 24.3 Å². The molecule has 28 heavy (non-hydrogen) atoms. The Morgan fingerprint density at radius 3 is 2.29 bits per heavy atom. The van der Waals surface area contributed by atoms with Crippen LogP contribution < -0.4 is 10.1 Å². The van der Waals surface area contributed by atoms with Crippen LogP contribution in [0, 0.1) is 5.92 Å². The van der Waals surface area contributed by atoms with Gasteiger partial charge in [-0.3, -0.25) is 4.90 Å². The Morgan fingerprint density at radius 1 is 1.04 bits per heavy atom. The summed E-state index contributed by atoms with van der Waals surface area (Å²) < 4.78 is 55.8. The maximum Gasteiger partial charge on any atom is 0.461 e. The second-order valence-electron chi connectivity index (χ2n) is 7.17. The number of ether oxygens (including phenoxy) is 1. The molecule has 0 amide bonds. The summed E-state index contributed by atoms with van der Waals surface area (Å²) in [4.78, 5) is 2.39. The van der Waals surface area contributed by atoms with Crippen molar-refractivity contribution < 1.29 is 22.3 Å². The van der Waals surface area contributed by atoms with E-state index in [9.17, 15) is 17.6 Å². The highest BCUT2D eigenvalue weighted by Crippen LogP contribution is 2.40. The van der Waals surface area contributed by atoms with E-state index in [0.29, 0.717) is 5.92 Å². The minimum atomic E-state index is -4.48. The van der Waals surface area contributed by atoms with Gasteiger partial charge in [0.2, 0.25) is 0 Å². The van der Waals surface area contributed by atoms with E-state index >= 15 is 0 Å². The first-order chi connectivity index (χ1) is 12.5. The number of nitrogens with one attached hydrogen (secondary N) is 1. The van der Waals surface area contributed by atoms with Crippen molar-refractivity contribution in [3.05, 3.63) is 29.8 Å². The van der Waals surface area contributed by atoms with Gasteiger partial charge in [-0.2, -0.15) is 17.6 Å². The van der Waals surface area contributed by atoms with E-state index in [0.717, 1.165) is 44.6 Å². The average Bonchev–Trinajstić information content (AvgIpc) is 2.64. The molecule has 2 aliphatic rings. The highest BCUT2D eigenvalue weighted by molar-refractivity contribution is 5.85. The van der Waals surface area contributed by atoms with Crippen molar-refractivity contribution in [3.63, 3.8) is 0 Å². The molecule has 0 spiro atoms. The molecule has 3 nitrogen and oxygen atoms in total. The molecule has 1 aliphatic heterocycles. The molecule has 1 aromatic rings. The molecule has 162 valence electrons. The Kier molecular flexibility index (Phi) is 10.3. The minimum absolute atomic E-state index is 0. The Balaban J connectivity index is 0.00000196. The van der Waals surface area contributed by atoms with Gasteiger partial charge in [0.25, 0.3) is 0 Å². The van der Waals surface area contributed by atoms with E-state index in [-0.39, 0.29) is 36.6 Å². The Morgan fingerprint density at radius 2 is 1.68 bits per heavy atom. The van der Waals surface area contributed by atoms with Gasteiger partial charge in [-0.1, -0.05) is 31.4 Å². The number of alkyl halides is 4. The third kappa shape index (κ3) is 6.37. The number of piperazine rings is 1.